The van der Waals surface area contributed by atoms with Crippen molar-refractivity contribution < 1.29 is 9.47 Å². The van der Waals surface area contributed by atoms with E-state index >= 15 is 0 Å². The van der Waals surface area contributed by atoms with Gasteiger partial charge in [-0.3, -0.25) is 0 Å². The molecule has 0 aliphatic rings. The molecular weight excluding hydrogens is 360 g/mol. The van der Waals surface area contributed by atoms with Gasteiger partial charge in [-0.25, -0.2) is 0 Å². The molecular formula is C22H32O2S2. The van der Waals surface area contributed by atoms with Gasteiger partial charge in [0.15, 0.2) is 0 Å². The molecule has 0 fully saturated rings. The number of unbranched alkanes of at least 4 members (excludes halogenated alkanes) is 3. The van der Waals surface area contributed by atoms with Crippen molar-refractivity contribution >= 4 is 23.5 Å². The van der Waals surface area contributed by atoms with Gasteiger partial charge in [-0.1, -0.05) is 13.8 Å². The van der Waals surface area contributed by atoms with Crippen molar-refractivity contribution in [1.82, 2.24) is 0 Å². The minimum atomic E-state index is 0.787. The third-order valence-corrected chi connectivity index (χ3v) is 5.18. The van der Waals surface area contributed by atoms with Crippen LogP contribution in [0.4, 0.5) is 0 Å². The number of rotatable bonds is 11. The summed E-state index contributed by atoms with van der Waals surface area (Å²) >= 11 is 3.50. The van der Waals surface area contributed by atoms with E-state index in [-0.39, 0.29) is 0 Å². The van der Waals surface area contributed by atoms with Crippen LogP contribution in [0.2, 0.25) is 0 Å². The summed E-state index contributed by atoms with van der Waals surface area (Å²) in [4.78, 5) is 2.54. The molecule has 0 amide bonds. The van der Waals surface area contributed by atoms with Crippen LogP contribution >= 0.6 is 23.5 Å². The molecule has 2 rings (SSSR count). The van der Waals surface area contributed by atoms with Gasteiger partial charge >= 0.3 is 0 Å². The van der Waals surface area contributed by atoms with Gasteiger partial charge in [-0.15, -0.1) is 23.5 Å². The molecule has 26 heavy (non-hydrogen) atoms. The van der Waals surface area contributed by atoms with E-state index in [1.165, 1.54) is 22.6 Å². The summed E-state index contributed by atoms with van der Waals surface area (Å²) in [5.41, 5.74) is 0. The van der Waals surface area contributed by atoms with Crippen LogP contribution in [0.15, 0.2) is 58.3 Å². The first-order chi connectivity index (χ1) is 12.8. The second kappa shape index (κ2) is 14.9. The third kappa shape index (κ3) is 9.44. The average Bonchev–Trinajstić information content (AvgIpc) is 2.72. The van der Waals surface area contributed by atoms with Crippen LogP contribution < -0.4 is 9.47 Å². The van der Waals surface area contributed by atoms with E-state index in [4.69, 9.17) is 9.47 Å². The van der Waals surface area contributed by atoms with E-state index in [1.807, 2.05) is 38.1 Å². The van der Waals surface area contributed by atoms with Gasteiger partial charge in [0.2, 0.25) is 0 Å². The number of thioether (sulfide) groups is 2. The minimum Gasteiger partial charge on any atom is -0.494 e. The Bertz CT molecular complexity index is 514. The first kappa shape index (κ1) is 22.8. The van der Waals surface area contributed by atoms with Gasteiger partial charge in [0.1, 0.15) is 11.5 Å². The summed E-state index contributed by atoms with van der Waals surface area (Å²) in [6.45, 7) is 5.57. The van der Waals surface area contributed by atoms with Gasteiger partial charge in [0, 0.05) is 9.79 Å². The molecule has 0 heterocycles. The molecule has 0 atom stereocenters. The van der Waals surface area contributed by atoms with Crippen LogP contribution in [0, 0.1) is 0 Å². The molecule has 0 aliphatic heterocycles. The smallest absolute Gasteiger partial charge is 0.119 e. The number of hydrogen-bond donors (Lipinski definition) is 0. The van der Waals surface area contributed by atoms with Crippen molar-refractivity contribution in [3.63, 3.8) is 0 Å². The van der Waals surface area contributed by atoms with E-state index in [2.05, 4.69) is 36.8 Å². The SMILES string of the molecule is CC.CSc1ccc(OCCCCCCOc2ccc(SC)cc2)cc1. The Morgan fingerprint density at radius 3 is 1.23 bits per heavy atom. The Balaban J connectivity index is 0.00000163. The molecule has 0 saturated carbocycles. The fourth-order valence-electron chi connectivity index (χ4n) is 2.28. The molecule has 0 bridgehead atoms. The first-order valence-electron chi connectivity index (χ1n) is 9.35. The molecule has 2 nitrogen and oxygen atoms in total. The van der Waals surface area contributed by atoms with E-state index in [1.54, 1.807) is 23.5 Å². The molecule has 144 valence electrons. The van der Waals surface area contributed by atoms with E-state index in [0.717, 1.165) is 37.6 Å². The lowest BCUT2D eigenvalue weighted by molar-refractivity contribution is 0.287. The maximum atomic E-state index is 5.76. The van der Waals surface area contributed by atoms with Gasteiger partial charge < -0.3 is 9.47 Å². The summed E-state index contributed by atoms with van der Waals surface area (Å²) in [7, 11) is 0. The quantitative estimate of drug-likeness (QED) is 0.298. The number of benzene rings is 2. The molecule has 2 aromatic carbocycles. The summed E-state index contributed by atoms with van der Waals surface area (Å²) in [6.07, 6.45) is 8.70. The highest BCUT2D eigenvalue weighted by atomic mass is 32.2. The van der Waals surface area contributed by atoms with Crippen LogP contribution in [0.1, 0.15) is 39.5 Å². The summed E-state index contributed by atoms with van der Waals surface area (Å²) in [5, 5.41) is 0. The first-order valence-corrected chi connectivity index (χ1v) is 11.8. The standard InChI is InChI=1S/C20H26O2S2.C2H6/c1-23-19-11-7-17(8-12-19)21-15-5-3-4-6-16-22-18-9-13-20(24-2)14-10-18;1-2/h7-14H,3-6,15-16H2,1-2H3;1-2H3. The fourth-order valence-corrected chi connectivity index (χ4v) is 3.10. The van der Waals surface area contributed by atoms with E-state index in [0.29, 0.717) is 0 Å². The van der Waals surface area contributed by atoms with Crippen LogP contribution in [-0.2, 0) is 0 Å². The van der Waals surface area contributed by atoms with Crippen LogP contribution in [-0.4, -0.2) is 25.7 Å². The predicted molar refractivity (Wildman–Crippen MR) is 117 cm³/mol. The largest absolute Gasteiger partial charge is 0.494 e. The molecule has 0 aliphatic carbocycles. The number of hydrogen-bond acceptors (Lipinski definition) is 4. The van der Waals surface area contributed by atoms with Crippen LogP contribution in [0.3, 0.4) is 0 Å². The molecule has 0 radical (unpaired) electrons. The molecule has 0 spiro atoms. The lowest BCUT2D eigenvalue weighted by Gasteiger charge is -2.08. The van der Waals surface area contributed by atoms with Crippen molar-refractivity contribution in [1.29, 1.82) is 0 Å². The Kier molecular flexibility index (Phi) is 13.0. The monoisotopic (exact) mass is 392 g/mol. The highest BCUT2D eigenvalue weighted by Crippen LogP contribution is 2.20. The van der Waals surface area contributed by atoms with Crippen LogP contribution in [0.5, 0.6) is 11.5 Å². The maximum absolute atomic E-state index is 5.76. The predicted octanol–water partition coefficient (Wildman–Crippen LogP) is 7.17. The zero-order valence-electron chi connectivity index (χ0n) is 16.5. The topological polar surface area (TPSA) is 18.5 Å². The second-order valence-electron chi connectivity index (χ2n) is 5.46. The molecule has 0 N–H and O–H groups in total. The average molecular weight is 393 g/mol. The molecule has 4 heteroatoms. The second-order valence-corrected chi connectivity index (χ2v) is 7.22. The highest BCUT2D eigenvalue weighted by molar-refractivity contribution is 7.98. The van der Waals surface area contributed by atoms with Crippen LogP contribution in [0.25, 0.3) is 0 Å². The van der Waals surface area contributed by atoms with Crippen molar-refractivity contribution in [2.75, 3.05) is 25.7 Å². The van der Waals surface area contributed by atoms with Gasteiger partial charge in [0.05, 0.1) is 13.2 Å². The van der Waals surface area contributed by atoms with Gasteiger partial charge in [-0.2, -0.15) is 0 Å². The third-order valence-electron chi connectivity index (χ3n) is 3.70. The molecule has 2 aromatic rings. The number of ether oxygens (including phenoxy) is 2. The Morgan fingerprint density at radius 2 is 0.923 bits per heavy atom. The van der Waals surface area contributed by atoms with Crippen molar-refractivity contribution in [3.05, 3.63) is 48.5 Å². The minimum absolute atomic E-state index is 0.787. The van der Waals surface area contributed by atoms with Gasteiger partial charge in [-0.05, 0) is 86.7 Å². The van der Waals surface area contributed by atoms with E-state index < -0.39 is 0 Å². The van der Waals surface area contributed by atoms with E-state index in [9.17, 15) is 0 Å². The van der Waals surface area contributed by atoms with Crippen molar-refractivity contribution in [2.24, 2.45) is 0 Å². The zero-order chi connectivity index (χ0) is 19.0. The maximum Gasteiger partial charge on any atom is 0.119 e. The Hall–Kier alpha value is -1.26. The summed E-state index contributed by atoms with van der Waals surface area (Å²) in [6, 6.07) is 16.6. The van der Waals surface area contributed by atoms with Gasteiger partial charge in [0.25, 0.3) is 0 Å². The lowest BCUT2D eigenvalue weighted by Crippen LogP contribution is -1.99. The van der Waals surface area contributed by atoms with Crippen molar-refractivity contribution in [2.45, 2.75) is 49.3 Å². The van der Waals surface area contributed by atoms with Crippen molar-refractivity contribution in [3.8, 4) is 11.5 Å². The summed E-state index contributed by atoms with van der Waals surface area (Å²) in [5.74, 6) is 1.93. The lowest BCUT2D eigenvalue weighted by atomic mass is 10.2. The normalized spacial score (nSPS) is 10.0. The summed E-state index contributed by atoms with van der Waals surface area (Å²) < 4.78 is 11.5. The molecule has 0 unspecified atom stereocenters. The highest BCUT2D eigenvalue weighted by Gasteiger charge is 1.97. The fraction of sp³-hybridized carbons (Fsp3) is 0.455. The molecule has 0 saturated heterocycles. The molecule has 0 aromatic heterocycles. The Labute approximate surface area is 168 Å². The Morgan fingerprint density at radius 1 is 0.577 bits per heavy atom. The zero-order valence-corrected chi connectivity index (χ0v) is 18.1.